The molecule has 0 bridgehead atoms. The molecule has 38 heavy (non-hydrogen) atoms. The van der Waals surface area contributed by atoms with Crippen molar-refractivity contribution in [1.29, 1.82) is 0 Å². The second-order valence-electron chi connectivity index (χ2n) is 8.30. The molecule has 0 aliphatic heterocycles. The van der Waals surface area contributed by atoms with Gasteiger partial charge in [0.1, 0.15) is 5.82 Å². The molecule has 3 aromatic rings. The number of anilines is 4. The van der Waals surface area contributed by atoms with E-state index in [1.165, 1.54) is 4.31 Å². The molecule has 0 saturated heterocycles. The number of rotatable bonds is 9. The number of likely N-dealkylation sites (N-methyl/N-ethyl adjacent to an activating group) is 2. The lowest BCUT2D eigenvalue weighted by molar-refractivity contribution is -0.192. The van der Waals surface area contributed by atoms with Gasteiger partial charge in [0.05, 0.1) is 4.90 Å². The van der Waals surface area contributed by atoms with E-state index in [0.717, 1.165) is 11.3 Å². The van der Waals surface area contributed by atoms with Crippen molar-refractivity contribution in [3.8, 4) is 0 Å². The molecule has 0 fully saturated rings. The first-order chi connectivity index (χ1) is 17.6. The fourth-order valence-electron chi connectivity index (χ4n) is 2.72. The summed E-state index contributed by atoms with van der Waals surface area (Å²) < 4.78 is 58.8. The Morgan fingerprint density at radius 1 is 1.11 bits per heavy atom. The van der Waals surface area contributed by atoms with Crippen LogP contribution < -0.4 is 10.6 Å². The summed E-state index contributed by atoms with van der Waals surface area (Å²) in [5.74, 6) is -1.16. The van der Waals surface area contributed by atoms with E-state index in [9.17, 15) is 21.6 Å². The van der Waals surface area contributed by atoms with Gasteiger partial charge >= 0.3 is 12.1 Å². The number of aryl methyl sites for hydroxylation is 1. The summed E-state index contributed by atoms with van der Waals surface area (Å²) in [5.41, 5.74) is 2.55. The van der Waals surface area contributed by atoms with E-state index in [-0.39, 0.29) is 4.90 Å². The summed E-state index contributed by atoms with van der Waals surface area (Å²) in [6, 6.07) is 8.34. The van der Waals surface area contributed by atoms with Crippen LogP contribution in [0.5, 0.6) is 0 Å². The van der Waals surface area contributed by atoms with Gasteiger partial charge in [0.15, 0.2) is 5.82 Å². The van der Waals surface area contributed by atoms with Gasteiger partial charge in [-0.05, 0) is 52.2 Å². The zero-order chi connectivity index (χ0) is 28.7. The largest absolute Gasteiger partial charge is 0.490 e. The lowest BCUT2D eigenvalue weighted by Gasteiger charge is -2.19. The molecule has 12 nitrogen and oxygen atoms in total. The van der Waals surface area contributed by atoms with E-state index >= 15 is 0 Å². The van der Waals surface area contributed by atoms with Crippen LogP contribution in [0.4, 0.5) is 36.4 Å². The number of hydrogen-bond donors (Lipinski definition) is 4. The maximum absolute atomic E-state index is 12.9. The predicted octanol–water partition coefficient (Wildman–Crippen LogP) is 3.12. The number of sulfonamides is 1. The quantitative estimate of drug-likeness (QED) is 0.308. The maximum Gasteiger partial charge on any atom is 0.490 e. The van der Waals surface area contributed by atoms with Crippen LogP contribution in [0.15, 0.2) is 41.4 Å². The topological polar surface area (TPSA) is 156 Å². The van der Waals surface area contributed by atoms with Crippen molar-refractivity contribution < 1.29 is 31.5 Å². The molecule has 0 radical (unpaired) electrons. The first-order valence-electron chi connectivity index (χ1n) is 11.0. The normalized spacial score (nSPS) is 11.7. The molecule has 0 amide bonds. The van der Waals surface area contributed by atoms with E-state index in [2.05, 4.69) is 30.8 Å². The summed E-state index contributed by atoms with van der Waals surface area (Å²) >= 11 is 0. The molecule has 2 aromatic heterocycles. The molecule has 0 aliphatic rings. The first kappa shape index (κ1) is 30.5. The Labute approximate surface area is 218 Å². The number of nitrogens with one attached hydrogen (secondary N) is 3. The molecule has 0 aliphatic carbocycles. The van der Waals surface area contributed by atoms with Crippen LogP contribution in [0.1, 0.15) is 11.3 Å². The van der Waals surface area contributed by atoms with E-state index in [1.54, 1.807) is 43.6 Å². The zero-order valence-electron chi connectivity index (χ0n) is 21.3. The van der Waals surface area contributed by atoms with Crippen LogP contribution in [0.3, 0.4) is 0 Å². The van der Waals surface area contributed by atoms with Gasteiger partial charge in [-0.2, -0.15) is 27.6 Å². The third-order valence-electron chi connectivity index (χ3n) is 5.06. The summed E-state index contributed by atoms with van der Waals surface area (Å²) in [7, 11) is 1.79. The fourth-order valence-corrected chi connectivity index (χ4v) is 3.93. The molecule has 0 unspecified atom stereocenters. The summed E-state index contributed by atoms with van der Waals surface area (Å²) in [6.07, 6.45) is -3.47. The minimum atomic E-state index is -5.08. The van der Waals surface area contributed by atoms with Crippen LogP contribution in [-0.4, -0.2) is 89.3 Å². The third-order valence-corrected chi connectivity index (χ3v) is 6.91. The minimum Gasteiger partial charge on any atom is -0.475 e. The van der Waals surface area contributed by atoms with Gasteiger partial charge in [-0.3, -0.25) is 5.10 Å². The van der Waals surface area contributed by atoms with Gasteiger partial charge in [-0.1, -0.05) is 6.07 Å². The Kier molecular flexibility index (Phi) is 10.1. The number of aromatic amines is 1. The van der Waals surface area contributed by atoms with Crippen molar-refractivity contribution in [2.24, 2.45) is 0 Å². The molecule has 0 spiro atoms. The maximum atomic E-state index is 12.9. The molecule has 2 heterocycles. The molecule has 0 saturated carbocycles. The number of alkyl halides is 3. The third kappa shape index (κ3) is 8.67. The van der Waals surface area contributed by atoms with E-state index < -0.39 is 22.2 Å². The monoisotopic (exact) mass is 558 g/mol. The average Bonchev–Trinajstić information content (AvgIpc) is 3.14. The van der Waals surface area contributed by atoms with Crippen molar-refractivity contribution in [2.75, 3.05) is 44.9 Å². The molecule has 16 heteroatoms. The number of carbonyl (C=O) groups is 1. The number of benzene rings is 1. The van der Waals surface area contributed by atoms with E-state index in [1.807, 2.05) is 32.8 Å². The van der Waals surface area contributed by atoms with Gasteiger partial charge in [0.2, 0.25) is 16.0 Å². The van der Waals surface area contributed by atoms with Crippen molar-refractivity contribution in [1.82, 2.24) is 29.4 Å². The molecule has 3 rings (SSSR count). The highest BCUT2D eigenvalue weighted by molar-refractivity contribution is 7.89. The smallest absolute Gasteiger partial charge is 0.475 e. The van der Waals surface area contributed by atoms with Gasteiger partial charge in [0, 0.05) is 43.3 Å². The standard InChI is InChI=1S/C20H28N8O2S.C2HF3O2/c1-14-15(2)25-26-19(14)23-18-9-10-21-20(24-18)22-16-7-6-8-17(13-16)31(29,30)28(5)12-11-27(3)4;3-2(4,5)1(6)7/h6-10,13H,11-12H2,1-5H3,(H3,21,22,23,24,25,26);(H,6,7). The lowest BCUT2D eigenvalue weighted by Crippen LogP contribution is -2.33. The Hall–Kier alpha value is -3.76. The first-order valence-corrected chi connectivity index (χ1v) is 12.4. The molecular formula is C22H29F3N8O4S. The minimum absolute atomic E-state index is 0.204. The Morgan fingerprint density at radius 3 is 2.32 bits per heavy atom. The molecule has 4 N–H and O–H groups in total. The molecule has 208 valence electrons. The lowest BCUT2D eigenvalue weighted by atomic mass is 10.3. The highest BCUT2D eigenvalue weighted by Gasteiger charge is 2.38. The highest BCUT2D eigenvalue weighted by Crippen LogP contribution is 2.23. The molecule has 0 atom stereocenters. The van der Waals surface area contributed by atoms with Gasteiger partial charge in [-0.15, -0.1) is 0 Å². The Balaban J connectivity index is 0.000000638. The zero-order valence-corrected chi connectivity index (χ0v) is 22.1. The predicted molar refractivity (Wildman–Crippen MR) is 135 cm³/mol. The number of halogens is 3. The van der Waals surface area contributed by atoms with Crippen molar-refractivity contribution in [3.05, 3.63) is 47.8 Å². The second kappa shape index (κ2) is 12.7. The van der Waals surface area contributed by atoms with E-state index in [4.69, 9.17) is 9.90 Å². The number of aromatic nitrogens is 4. The van der Waals surface area contributed by atoms with Crippen molar-refractivity contribution in [3.63, 3.8) is 0 Å². The van der Waals surface area contributed by atoms with Crippen LogP contribution in [0.25, 0.3) is 0 Å². The average molecular weight is 559 g/mol. The number of hydrogen-bond acceptors (Lipinski definition) is 9. The number of carboxylic acids is 1. The Morgan fingerprint density at radius 2 is 1.76 bits per heavy atom. The molecular weight excluding hydrogens is 529 g/mol. The Bertz CT molecular complexity index is 1350. The summed E-state index contributed by atoms with van der Waals surface area (Å²) in [5, 5.41) is 20.5. The van der Waals surface area contributed by atoms with Crippen LogP contribution >= 0.6 is 0 Å². The number of aliphatic carboxylic acids is 1. The van der Waals surface area contributed by atoms with Crippen LogP contribution in [-0.2, 0) is 14.8 Å². The number of nitrogens with zero attached hydrogens (tertiary/aromatic N) is 5. The number of carboxylic acid groups (broad SMARTS) is 1. The highest BCUT2D eigenvalue weighted by atomic mass is 32.2. The van der Waals surface area contributed by atoms with Gasteiger partial charge < -0.3 is 20.6 Å². The number of H-pyrrole nitrogens is 1. The van der Waals surface area contributed by atoms with Gasteiger partial charge in [-0.25, -0.2) is 18.2 Å². The summed E-state index contributed by atoms with van der Waals surface area (Å²) in [4.78, 5) is 19.7. The van der Waals surface area contributed by atoms with Gasteiger partial charge in [0.25, 0.3) is 0 Å². The van der Waals surface area contributed by atoms with E-state index in [0.29, 0.717) is 36.4 Å². The van der Waals surface area contributed by atoms with Crippen LogP contribution in [0.2, 0.25) is 0 Å². The van der Waals surface area contributed by atoms with Crippen molar-refractivity contribution in [2.45, 2.75) is 24.9 Å². The summed E-state index contributed by atoms with van der Waals surface area (Å²) in [6.45, 7) is 4.94. The fraction of sp³-hybridized carbons (Fsp3) is 0.364. The SMILES string of the molecule is Cc1[nH]nc(Nc2ccnc(Nc3cccc(S(=O)(=O)N(C)CCN(C)C)c3)n2)c1C.O=C(O)C(F)(F)F. The van der Waals surface area contributed by atoms with Crippen LogP contribution in [0, 0.1) is 13.8 Å². The molecule has 1 aromatic carbocycles. The second-order valence-corrected chi connectivity index (χ2v) is 10.3. The van der Waals surface area contributed by atoms with Crippen molar-refractivity contribution >= 4 is 39.3 Å².